The van der Waals surface area contributed by atoms with Gasteiger partial charge in [0.15, 0.2) is 0 Å². The summed E-state index contributed by atoms with van der Waals surface area (Å²) in [5, 5.41) is 5.60. The summed E-state index contributed by atoms with van der Waals surface area (Å²) in [6, 6.07) is 7.23. The number of nitrogens with one attached hydrogen (secondary N) is 2. The van der Waals surface area contributed by atoms with E-state index < -0.39 is 11.8 Å². The number of likely N-dealkylation sites (tertiary alicyclic amines) is 1. The molecule has 1 unspecified atom stereocenters. The van der Waals surface area contributed by atoms with Crippen molar-refractivity contribution in [3.8, 4) is 0 Å². The van der Waals surface area contributed by atoms with Crippen molar-refractivity contribution in [1.29, 1.82) is 0 Å². The molecule has 130 valence electrons. The van der Waals surface area contributed by atoms with Crippen LogP contribution in [0.2, 0.25) is 0 Å². The van der Waals surface area contributed by atoms with Crippen molar-refractivity contribution in [2.45, 2.75) is 39.7 Å². The third-order valence-electron chi connectivity index (χ3n) is 4.17. The van der Waals surface area contributed by atoms with Crippen LogP contribution in [-0.2, 0) is 14.4 Å². The van der Waals surface area contributed by atoms with Crippen molar-refractivity contribution >= 4 is 23.4 Å². The number of hydrogen-bond donors (Lipinski definition) is 2. The molecule has 2 rings (SSSR count). The van der Waals surface area contributed by atoms with Crippen molar-refractivity contribution in [3.63, 3.8) is 0 Å². The van der Waals surface area contributed by atoms with Crippen LogP contribution in [0.4, 0.5) is 5.69 Å². The van der Waals surface area contributed by atoms with E-state index in [-0.39, 0.29) is 17.9 Å². The second-order valence-electron chi connectivity index (χ2n) is 6.52. The Bertz CT molecular complexity index is 628. The third kappa shape index (κ3) is 4.57. The topological polar surface area (TPSA) is 78.5 Å². The van der Waals surface area contributed by atoms with E-state index in [1.807, 2.05) is 39.0 Å². The number of para-hydroxylation sites is 1. The van der Waals surface area contributed by atoms with Crippen LogP contribution in [-0.4, -0.2) is 41.8 Å². The molecule has 1 atom stereocenters. The fourth-order valence-electron chi connectivity index (χ4n) is 2.68. The molecule has 1 saturated heterocycles. The molecular formula is C18H25N3O3. The molecule has 0 saturated carbocycles. The predicted octanol–water partition coefficient (Wildman–Crippen LogP) is 1.70. The van der Waals surface area contributed by atoms with Crippen LogP contribution < -0.4 is 10.6 Å². The fraction of sp³-hybridized carbons (Fsp3) is 0.500. The number of piperidine rings is 1. The summed E-state index contributed by atoms with van der Waals surface area (Å²) in [6.45, 7) is 6.44. The van der Waals surface area contributed by atoms with Crippen molar-refractivity contribution in [2.75, 3.05) is 18.4 Å². The molecule has 3 amide bonds. The van der Waals surface area contributed by atoms with Crippen LogP contribution in [0.25, 0.3) is 0 Å². The van der Waals surface area contributed by atoms with Crippen LogP contribution >= 0.6 is 0 Å². The Labute approximate surface area is 142 Å². The van der Waals surface area contributed by atoms with Gasteiger partial charge in [0.05, 0.1) is 0 Å². The summed E-state index contributed by atoms with van der Waals surface area (Å²) in [7, 11) is 0. The molecule has 6 heteroatoms. The van der Waals surface area contributed by atoms with Crippen LogP contribution in [0, 0.1) is 12.8 Å². The molecule has 0 bridgehead atoms. The fourth-order valence-corrected chi connectivity index (χ4v) is 2.68. The lowest BCUT2D eigenvalue weighted by atomic mass is 10.0. The van der Waals surface area contributed by atoms with Crippen LogP contribution in [0.3, 0.4) is 0 Å². The minimum absolute atomic E-state index is 0.0290. The van der Waals surface area contributed by atoms with E-state index in [0.29, 0.717) is 18.8 Å². The second-order valence-corrected chi connectivity index (χ2v) is 6.52. The van der Waals surface area contributed by atoms with Gasteiger partial charge in [-0.1, -0.05) is 32.0 Å². The third-order valence-corrected chi connectivity index (χ3v) is 4.17. The molecule has 1 fully saturated rings. The number of rotatable bonds is 3. The number of aryl methyl sites for hydroxylation is 1. The van der Waals surface area contributed by atoms with E-state index in [4.69, 9.17) is 0 Å². The SMILES string of the molecule is Cc1ccccc1NC(=O)C(=O)N1CCCC(NC(=O)C(C)C)C1. The molecule has 24 heavy (non-hydrogen) atoms. The lowest BCUT2D eigenvalue weighted by Gasteiger charge is -2.33. The Morgan fingerprint density at radius 2 is 1.92 bits per heavy atom. The summed E-state index contributed by atoms with van der Waals surface area (Å²) < 4.78 is 0. The first-order chi connectivity index (χ1) is 11.4. The van der Waals surface area contributed by atoms with Crippen LogP contribution in [0.1, 0.15) is 32.3 Å². The predicted molar refractivity (Wildman–Crippen MR) is 92.4 cm³/mol. The highest BCUT2D eigenvalue weighted by atomic mass is 16.2. The second kappa shape index (κ2) is 7.95. The van der Waals surface area contributed by atoms with Crippen molar-refractivity contribution in [1.82, 2.24) is 10.2 Å². The Morgan fingerprint density at radius 3 is 2.58 bits per heavy atom. The van der Waals surface area contributed by atoms with E-state index in [1.54, 1.807) is 6.07 Å². The van der Waals surface area contributed by atoms with E-state index in [0.717, 1.165) is 18.4 Å². The van der Waals surface area contributed by atoms with Crippen LogP contribution in [0.15, 0.2) is 24.3 Å². The number of amides is 3. The molecule has 0 aromatic heterocycles. The van der Waals surface area contributed by atoms with Gasteiger partial charge >= 0.3 is 11.8 Å². The minimum Gasteiger partial charge on any atom is -0.351 e. The number of carbonyl (C=O) groups excluding carboxylic acids is 3. The van der Waals surface area contributed by atoms with Gasteiger partial charge in [0.25, 0.3) is 0 Å². The molecule has 1 aromatic carbocycles. The number of carbonyl (C=O) groups is 3. The van der Waals surface area contributed by atoms with Crippen molar-refractivity contribution < 1.29 is 14.4 Å². The summed E-state index contributed by atoms with van der Waals surface area (Å²) in [4.78, 5) is 37.9. The van der Waals surface area contributed by atoms with Crippen molar-refractivity contribution in [2.24, 2.45) is 5.92 Å². The average molecular weight is 331 g/mol. The highest BCUT2D eigenvalue weighted by Crippen LogP contribution is 2.15. The van der Waals surface area contributed by atoms with Gasteiger partial charge in [-0.25, -0.2) is 0 Å². The first-order valence-corrected chi connectivity index (χ1v) is 8.34. The molecule has 1 aliphatic heterocycles. The van der Waals surface area contributed by atoms with Gasteiger partial charge in [0, 0.05) is 30.7 Å². The standard InChI is InChI=1S/C18H25N3O3/c1-12(2)16(22)19-14-8-6-10-21(11-14)18(24)17(23)20-15-9-5-4-7-13(15)3/h4-5,7,9,12,14H,6,8,10-11H2,1-3H3,(H,19,22)(H,20,23). The van der Waals surface area contributed by atoms with Gasteiger partial charge in [-0.05, 0) is 31.4 Å². The zero-order chi connectivity index (χ0) is 17.7. The van der Waals surface area contributed by atoms with Crippen LogP contribution in [0.5, 0.6) is 0 Å². The Balaban J connectivity index is 1.95. The van der Waals surface area contributed by atoms with E-state index >= 15 is 0 Å². The summed E-state index contributed by atoms with van der Waals surface area (Å²) in [5.41, 5.74) is 1.54. The zero-order valence-electron chi connectivity index (χ0n) is 14.5. The van der Waals surface area contributed by atoms with Gasteiger partial charge in [0.2, 0.25) is 5.91 Å². The molecule has 0 spiro atoms. The minimum atomic E-state index is -0.639. The first kappa shape index (κ1) is 18.0. The molecule has 0 radical (unpaired) electrons. The largest absolute Gasteiger partial charge is 0.351 e. The maximum Gasteiger partial charge on any atom is 0.313 e. The molecule has 6 nitrogen and oxygen atoms in total. The Morgan fingerprint density at radius 1 is 1.21 bits per heavy atom. The maximum absolute atomic E-state index is 12.4. The molecule has 1 aliphatic rings. The van der Waals surface area contributed by atoms with Gasteiger partial charge in [-0.2, -0.15) is 0 Å². The number of nitrogens with zero attached hydrogens (tertiary/aromatic N) is 1. The van der Waals surface area contributed by atoms with Gasteiger partial charge < -0.3 is 15.5 Å². The number of hydrogen-bond acceptors (Lipinski definition) is 3. The Kier molecular flexibility index (Phi) is 5.95. The molecule has 1 aromatic rings. The monoisotopic (exact) mass is 331 g/mol. The molecule has 0 aliphatic carbocycles. The molecule has 1 heterocycles. The zero-order valence-corrected chi connectivity index (χ0v) is 14.5. The molecule has 2 N–H and O–H groups in total. The normalized spacial score (nSPS) is 17.5. The van der Waals surface area contributed by atoms with Gasteiger partial charge in [-0.3, -0.25) is 14.4 Å². The lowest BCUT2D eigenvalue weighted by molar-refractivity contribution is -0.144. The average Bonchev–Trinajstić information content (AvgIpc) is 2.56. The van der Waals surface area contributed by atoms with E-state index in [2.05, 4.69) is 10.6 Å². The highest BCUT2D eigenvalue weighted by molar-refractivity contribution is 6.39. The maximum atomic E-state index is 12.4. The number of anilines is 1. The Hall–Kier alpha value is -2.37. The summed E-state index contributed by atoms with van der Waals surface area (Å²) in [6.07, 6.45) is 1.59. The highest BCUT2D eigenvalue weighted by Gasteiger charge is 2.29. The summed E-state index contributed by atoms with van der Waals surface area (Å²) in [5.74, 6) is -1.32. The van der Waals surface area contributed by atoms with Gasteiger partial charge in [0.1, 0.15) is 0 Å². The lowest BCUT2D eigenvalue weighted by Crippen LogP contribution is -2.52. The summed E-state index contributed by atoms with van der Waals surface area (Å²) >= 11 is 0. The van der Waals surface area contributed by atoms with E-state index in [9.17, 15) is 14.4 Å². The quantitative estimate of drug-likeness (QED) is 0.828. The van der Waals surface area contributed by atoms with E-state index in [1.165, 1.54) is 4.90 Å². The smallest absolute Gasteiger partial charge is 0.313 e. The molecular weight excluding hydrogens is 306 g/mol. The first-order valence-electron chi connectivity index (χ1n) is 8.34. The number of benzene rings is 1. The van der Waals surface area contributed by atoms with Gasteiger partial charge in [-0.15, -0.1) is 0 Å². The van der Waals surface area contributed by atoms with Crippen molar-refractivity contribution in [3.05, 3.63) is 29.8 Å².